The first-order valence-corrected chi connectivity index (χ1v) is 6.82. The molecule has 0 bridgehead atoms. The molecule has 0 fully saturated rings. The molecule has 1 rings (SSSR count). The predicted molar refractivity (Wildman–Crippen MR) is 90.1 cm³/mol. The Labute approximate surface area is 131 Å². The molecule has 0 spiro atoms. The highest BCUT2D eigenvalue weighted by molar-refractivity contribution is 14.0. The van der Waals surface area contributed by atoms with Crippen LogP contribution in [-0.4, -0.2) is 24.0 Å². The summed E-state index contributed by atoms with van der Waals surface area (Å²) in [4.78, 5) is 8.72. The number of nitrogens with zero attached hydrogens (tertiary/aromatic N) is 2. The van der Waals surface area contributed by atoms with E-state index in [4.69, 9.17) is 0 Å². The van der Waals surface area contributed by atoms with Gasteiger partial charge in [-0.2, -0.15) is 0 Å². The van der Waals surface area contributed by atoms with E-state index in [1.165, 1.54) is 5.01 Å². The zero-order chi connectivity index (χ0) is 12.8. The van der Waals surface area contributed by atoms with E-state index in [-0.39, 0.29) is 24.0 Å². The molecule has 1 heterocycles. The van der Waals surface area contributed by atoms with Crippen LogP contribution in [0.15, 0.2) is 10.4 Å². The average molecular weight is 382 g/mol. The molecule has 0 radical (unpaired) electrons. The number of aliphatic imine (C=N–C) groups is 1. The summed E-state index contributed by atoms with van der Waals surface area (Å²) in [6.45, 7) is 9.22. The summed E-state index contributed by atoms with van der Waals surface area (Å²) in [7, 11) is 1.78. The SMILES string of the molecule is CN=C(NCc1csc(C(C)C)n1)NC(C)C.I. The van der Waals surface area contributed by atoms with Gasteiger partial charge in [0.15, 0.2) is 5.96 Å². The molecule has 0 saturated carbocycles. The second-order valence-corrected chi connectivity index (χ2v) is 5.45. The lowest BCUT2D eigenvalue weighted by Crippen LogP contribution is -2.40. The van der Waals surface area contributed by atoms with Gasteiger partial charge in [-0.15, -0.1) is 35.3 Å². The van der Waals surface area contributed by atoms with E-state index in [2.05, 4.69) is 53.7 Å². The van der Waals surface area contributed by atoms with Crippen molar-refractivity contribution < 1.29 is 0 Å². The first-order chi connectivity index (χ1) is 8.02. The van der Waals surface area contributed by atoms with Gasteiger partial charge in [0.2, 0.25) is 0 Å². The standard InChI is InChI=1S/C12H22N4S.HI/c1-8(2)11-16-10(7-17-11)6-14-12(13-5)15-9(3)4;/h7-9H,6H2,1-5H3,(H2,13,14,15);1H. The molecule has 0 aliphatic heterocycles. The fourth-order valence-electron chi connectivity index (χ4n) is 1.31. The fraction of sp³-hybridized carbons (Fsp3) is 0.667. The highest BCUT2D eigenvalue weighted by Crippen LogP contribution is 2.18. The van der Waals surface area contributed by atoms with E-state index >= 15 is 0 Å². The number of hydrogen-bond acceptors (Lipinski definition) is 3. The number of hydrogen-bond donors (Lipinski definition) is 2. The molecular weight excluding hydrogens is 359 g/mol. The van der Waals surface area contributed by atoms with Crippen molar-refractivity contribution in [2.24, 2.45) is 4.99 Å². The Morgan fingerprint density at radius 3 is 2.50 bits per heavy atom. The van der Waals surface area contributed by atoms with E-state index in [0.29, 0.717) is 12.0 Å². The smallest absolute Gasteiger partial charge is 0.191 e. The van der Waals surface area contributed by atoms with Crippen LogP contribution in [0.25, 0.3) is 0 Å². The van der Waals surface area contributed by atoms with Crippen LogP contribution in [0.3, 0.4) is 0 Å². The van der Waals surface area contributed by atoms with Crippen LogP contribution in [-0.2, 0) is 6.54 Å². The molecule has 1 aromatic heterocycles. The van der Waals surface area contributed by atoms with Crippen LogP contribution in [0.1, 0.15) is 44.3 Å². The predicted octanol–water partition coefficient (Wildman–Crippen LogP) is 2.96. The van der Waals surface area contributed by atoms with Crippen molar-refractivity contribution in [3.05, 3.63) is 16.1 Å². The number of guanidine groups is 1. The summed E-state index contributed by atoms with van der Waals surface area (Å²) in [5.74, 6) is 1.32. The maximum Gasteiger partial charge on any atom is 0.191 e. The molecule has 4 nitrogen and oxygen atoms in total. The van der Waals surface area contributed by atoms with Gasteiger partial charge in [0.1, 0.15) is 0 Å². The summed E-state index contributed by atoms with van der Waals surface area (Å²) >= 11 is 1.72. The van der Waals surface area contributed by atoms with Crippen LogP contribution < -0.4 is 10.6 Å². The quantitative estimate of drug-likeness (QED) is 0.478. The minimum absolute atomic E-state index is 0. The van der Waals surface area contributed by atoms with Crippen molar-refractivity contribution in [3.63, 3.8) is 0 Å². The van der Waals surface area contributed by atoms with Gasteiger partial charge in [-0.1, -0.05) is 13.8 Å². The van der Waals surface area contributed by atoms with Crippen molar-refractivity contribution in [2.75, 3.05) is 7.05 Å². The van der Waals surface area contributed by atoms with Gasteiger partial charge >= 0.3 is 0 Å². The Morgan fingerprint density at radius 1 is 1.39 bits per heavy atom. The minimum atomic E-state index is 0. The second kappa shape index (κ2) is 8.68. The molecule has 0 saturated heterocycles. The Morgan fingerprint density at radius 2 is 2.06 bits per heavy atom. The fourth-order valence-corrected chi connectivity index (χ4v) is 2.15. The third kappa shape index (κ3) is 5.99. The number of thiazole rings is 1. The zero-order valence-electron chi connectivity index (χ0n) is 11.7. The lowest BCUT2D eigenvalue weighted by atomic mass is 10.2. The van der Waals surface area contributed by atoms with Crippen LogP contribution in [0.5, 0.6) is 0 Å². The topological polar surface area (TPSA) is 49.3 Å². The molecule has 1 aromatic rings. The first kappa shape index (κ1) is 17.6. The largest absolute Gasteiger partial charge is 0.354 e. The molecule has 18 heavy (non-hydrogen) atoms. The normalized spacial score (nSPS) is 11.6. The monoisotopic (exact) mass is 382 g/mol. The van der Waals surface area contributed by atoms with Gasteiger partial charge in [0, 0.05) is 24.4 Å². The highest BCUT2D eigenvalue weighted by atomic mass is 127. The highest BCUT2D eigenvalue weighted by Gasteiger charge is 2.06. The molecule has 0 aromatic carbocycles. The number of aromatic nitrogens is 1. The number of nitrogens with one attached hydrogen (secondary N) is 2. The second-order valence-electron chi connectivity index (χ2n) is 4.56. The Hall–Kier alpha value is -0.370. The van der Waals surface area contributed by atoms with E-state index in [9.17, 15) is 0 Å². The molecule has 2 N–H and O–H groups in total. The average Bonchev–Trinajstić information content (AvgIpc) is 2.72. The van der Waals surface area contributed by atoms with Gasteiger partial charge in [0.05, 0.1) is 17.2 Å². The summed E-state index contributed by atoms with van der Waals surface area (Å²) < 4.78 is 0. The summed E-state index contributed by atoms with van der Waals surface area (Å²) in [5, 5.41) is 9.79. The van der Waals surface area contributed by atoms with Crippen molar-refractivity contribution in [3.8, 4) is 0 Å². The van der Waals surface area contributed by atoms with E-state index in [1.54, 1.807) is 18.4 Å². The van der Waals surface area contributed by atoms with Gasteiger partial charge in [0.25, 0.3) is 0 Å². The van der Waals surface area contributed by atoms with E-state index in [1.807, 2.05) is 0 Å². The van der Waals surface area contributed by atoms with Crippen LogP contribution in [0.2, 0.25) is 0 Å². The molecule has 104 valence electrons. The Kier molecular flexibility index (Phi) is 8.51. The van der Waals surface area contributed by atoms with Gasteiger partial charge < -0.3 is 10.6 Å². The van der Waals surface area contributed by atoms with Crippen LogP contribution >= 0.6 is 35.3 Å². The summed E-state index contributed by atoms with van der Waals surface area (Å²) in [6, 6.07) is 0.378. The molecular formula is C12H23IN4S. The van der Waals surface area contributed by atoms with Crippen molar-refractivity contribution in [1.82, 2.24) is 15.6 Å². The van der Waals surface area contributed by atoms with Crippen LogP contribution in [0.4, 0.5) is 0 Å². The Balaban J connectivity index is 0.00000289. The maximum atomic E-state index is 4.57. The lowest BCUT2D eigenvalue weighted by molar-refractivity contribution is 0.696. The van der Waals surface area contributed by atoms with Crippen molar-refractivity contribution in [1.29, 1.82) is 0 Å². The van der Waals surface area contributed by atoms with Gasteiger partial charge in [-0.05, 0) is 13.8 Å². The van der Waals surface area contributed by atoms with Crippen molar-refractivity contribution >= 4 is 41.3 Å². The van der Waals surface area contributed by atoms with Gasteiger partial charge in [-0.3, -0.25) is 4.99 Å². The van der Waals surface area contributed by atoms with Gasteiger partial charge in [-0.25, -0.2) is 4.98 Å². The van der Waals surface area contributed by atoms with E-state index < -0.39 is 0 Å². The maximum absolute atomic E-state index is 4.57. The summed E-state index contributed by atoms with van der Waals surface area (Å²) in [6.07, 6.45) is 0. The first-order valence-electron chi connectivity index (χ1n) is 5.94. The number of rotatable bonds is 4. The third-order valence-electron chi connectivity index (χ3n) is 2.15. The Bertz CT molecular complexity index is 374. The molecule has 0 atom stereocenters. The number of halogens is 1. The van der Waals surface area contributed by atoms with E-state index in [0.717, 1.165) is 18.2 Å². The zero-order valence-corrected chi connectivity index (χ0v) is 14.8. The molecule has 0 unspecified atom stereocenters. The molecule has 6 heteroatoms. The molecule has 0 aliphatic carbocycles. The third-order valence-corrected chi connectivity index (χ3v) is 3.34. The minimum Gasteiger partial charge on any atom is -0.354 e. The molecule has 0 amide bonds. The molecule has 0 aliphatic rings. The summed E-state index contributed by atoms with van der Waals surface area (Å²) in [5.41, 5.74) is 1.07. The lowest BCUT2D eigenvalue weighted by Gasteiger charge is -2.13. The van der Waals surface area contributed by atoms with Crippen LogP contribution in [0, 0.1) is 0 Å². The van der Waals surface area contributed by atoms with Crippen molar-refractivity contribution in [2.45, 2.75) is 46.2 Å².